The number of rotatable bonds is 5. The number of benzene rings is 2. The Labute approximate surface area is 172 Å². The fourth-order valence-electron chi connectivity index (χ4n) is 3.13. The van der Waals surface area contributed by atoms with Gasteiger partial charge in [-0.05, 0) is 36.4 Å². The molecule has 8 heteroatoms. The normalized spacial score (nSPS) is 14.4. The zero-order chi connectivity index (χ0) is 19.5. The van der Waals surface area contributed by atoms with Gasteiger partial charge in [-0.1, -0.05) is 29.0 Å². The van der Waals surface area contributed by atoms with E-state index in [1.807, 2.05) is 23.1 Å². The number of carbonyl (C=O) groups excluding carboxylic acids is 1. The van der Waals surface area contributed by atoms with Crippen molar-refractivity contribution in [3.8, 4) is 11.5 Å². The molecule has 28 heavy (non-hydrogen) atoms. The summed E-state index contributed by atoms with van der Waals surface area (Å²) in [5.41, 5.74) is 0.889. The predicted octanol–water partition coefficient (Wildman–Crippen LogP) is 3.69. The van der Waals surface area contributed by atoms with Gasteiger partial charge in [0.05, 0.1) is 11.8 Å². The minimum atomic E-state index is -0.0134. The highest BCUT2D eigenvalue weighted by molar-refractivity contribution is 7.22. The van der Waals surface area contributed by atoms with Gasteiger partial charge < -0.3 is 19.3 Å². The third-order valence-corrected chi connectivity index (χ3v) is 6.00. The highest BCUT2D eigenvalue weighted by Gasteiger charge is 2.23. The van der Waals surface area contributed by atoms with E-state index < -0.39 is 0 Å². The van der Waals surface area contributed by atoms with Crippen LogP contribution in [-0.4, -0.2) is 55.7 Å². The van der Waals surface area contributed by atoms with Crippen LogP contribution in [0.1, 0.15) is 0 Å². The molecule has 3 aromatic rings. The minimum Gasteiger partial charge on any atom is -0.494 e. The maximum atomic E-state index is 12.4. The highest BCUT2D eigenvalue weighted by atomic mass is 35.5. The first-order valence-electron chi connectivity index (χ1n) is 8.98. The smallest absolute Gasteiger partial charge is 0.260 e. The lowest BCUT2D eigenvalue weighted by Crippen LogP contribution is -2.50. The molecule has 1 aromatic heterocycles. The van der Waals surface area contributed by atoms with Gasteiger partial charge in [-0.15, -0.1) is 0 Å². The van der Waals surface area contributed by atoms with Crippen molar-refractivity contribution in [3.63, 3.8) is 0 Å². The number of thiazole rings is 1. The average molecular weight is 418 g/mol. The second kappa shape index (κ2) is 8.24. The molecule has 0 atom stereocenters. The van der Waals surface area contributed by atoms with Gasteiger partial charge >= 0.3 is 0 Å². The van der Waals surface area contributed by atoms with Crippen molar-refractivity contribution < 1.29 is 14.3 Å². The molecule has 4 rings (SSSR count). The second-order valence-corrected chi connectivity index (χ2v) is 7.86. The number of aromatic nitrogens is 1. The number of nitrogens with zero attached hydrogens (tertiary/aromatic N) is 3. The first-order valence-corrected chi connectivity index (χ1v) is 10.2. The summed E-state index contributed by atoms with van der Waals surface area (Å²) in [6.07, 6.45) is 0. The van der Waals surface area contributed by atoms with E-state index in [-0.39, 0.29) is 12.5 Å². The summed E-state index contributed by atoms with van der Waals surface area (Å²) in [4.78, 5) is 21.2. The third kappa shape index (κ3) is 4.00. The zero-order valence-corrected chi connectivity index (χ0v) is 17.0. The number of carbonyl (C=O) groups is 1. The van der Waals surface area contributed by atoms with E-state index in [1.54, 1.807) is 42.7 Å². The Hall–Kier alpha value is -2.51. The summed E-state index contributed by atoms with van der Waals surface area (Å²) in [6.45, 7) is 2.81. The predicted molar refractivity (Wildman–Crippen MR) is 112 cm³/mol. The molecule has 2 aromatic carbocycles. The van der Waals surface area contributed by atoms with E-state index in [1.165, 1.54) is 0 Å². The average Bonchev–Trinajstić information content (AvgIpc) is 3.17. The molecule has 1 aliphatic heterocycles. The number of amides is 1. The molecule has 0 spiro atoms. The third-order valence-electron chi connectivity index (χ3n) is 4.67. The Kier molecular flexibility index (Phi) is 5.54. The van der Waals surface area contributed by atoms with Gasteiger partial charge in [0.2, 0.25) is 0 Å². The zero-order valence-electron chi connectivity index (χ0n) is 15.4. The van der Waals surface area contributed by atoms with Crippen LogP contribution in [0.25, 0.3) is 10.2 Å². The largest absolute Gasteiger partial charge is 0.494 e. The van der Waals surface area contributed by atoms with Gasteiger partial charge in [-0.2, -0.15) is 0 Å². The number of halogens is 1. The Bertz CT molecular complexity index is 968. The molecule has 146 valence electrons. The van der Waals surface area contributed by atoms with Crippen LogP contribution in [0.4, 0.5) is 5.13 Å². The minimum absolute atomic E-state index is 0.0134. The molecule has 0 saturated carbocycles. The van der Waals surface area contributed by atoms with Crippen LogP contribution in [-0.2, 0) is 4.79 Å². The van der Waals surface area contributed by atoms with Crippen LogP contribution >= 0.6 is 22.9 Å². The molecule has 0 N–H and O–H groups in total. The Balaban J connectivity index is 1.34. The fraction of sp³-hybridized carbons (Fsp3) is 0.300. The van der Waals surface area contributed by atoms with Gasteiger partial charge in [0.25, 0.3) is 5.91 Å². The van der Waals surface area contributed by atoms with Crippen LogP contribution < -0.4 is 14.4 Å². The number of para-hydroxylation sites is 1. The first kappa shape index (κ1) is 18.8. The molecular weight excluding hydrogens is 398 g/mol. The van der Waals surface area contributed by atoms with Gasteiger partial charge in [0, 0.05) is 31.2 Å². The van der Waals surface area contributed by atoms with Crippen LogP contribution in [0.3, 0.4) is 0 Å². The van der Waals surface area contributed by atoms with E-state index in [2.05, 4.69) is 4.90 Å². The molecule has 0 unspecified atom stereocenters. The van der Waals surface area contributed by atoms with Crippen LogP contribution in [0.2, 0.25) is 5.02 Å². The fourth-order valence-corrected chi connectivity index (χ4v) is 4.29. The van der Waals surface area contributed by atoms with E-state index >= 15 is 0 Å². The lowest BCUT2D eigenvalue weighted by Gasteiger charge is -2.34. The van der Waals surface area contributed by atoms with Crippen LogP contribution in [0.5, 0.6) is 11.5 Å². The molecule has 1 amide bonds. The molecule has 0 aliphatic carbocycles. The van der Waals surface area contributed by atoms with E-state index in [4.69, 9.17) is 26.1 Å². The number of hydrogen-bond acceptors (Lipinski definition) is 6. The number of anilines is 1. The van der Waals surface area contributed by atoms with Crippen molar-refractivity contribution in [2.75, 3.05) is 44.8 Å². The molecule has 1 aliphatic rings. The number of fused-ring (bicyclic) bond motifs is 1. The molecular formula is C20H20ClN3O3S. The highest BCUT2D eigenvalue weighted by Crippen LogP contribution is 2.34. The second-order valence-electron chi connectivity index (χ2n) is 6.41. The van der Waals surface area contributed by atoms with E-state index in [9.17, 15) is 4.79 Å². The van der Waals surface area contributed by atoms with Crippen molar-refractivity contribution >= 4 is 44.2 Å². The summed E-state index contributed by atoms with van der Waals surface area (Å²) in [6, 6.07) is 12.9. The van der Waals surface area contributed by atoms with Crippen LogP contribution in [0.15, 0.2) is 42.5 Å². The lowest BCUT2D eigenvalue weighted by atomic mass is 10.3. The summed E-state index contributed by atoms with van der Waals surface area (Å²) < 4.78 is 12.1. The molecule has 1 saturated heterocycles. The van der Waals surface area contributed by atoms with Crippen LogP contribution in [0, 0.1) is 0 Å². The van der Waals surface area contributed by atoms with Crippen molar-refractivity contribution in [2.45, 2.75) is 0 Å². The molecule has 6 nitrogen and oxygen atoms in total. The Morgan fingerprint density at radius 1 is 1.14 bits per heavy atom. The van der Waals surface area contributed by atoms with Gasteiger partial charge in [-0.3, -0.25) is 4.79 Å². The number of hydrogen-bond donors (Lipinski definition) is 0. The molecule has 1 fully saturated rings. The van der Waals surface area contributed by atoms with Crippen molar-refractivity contribution in [1.82, 2.24) is 9.88 Å². The number of methoxy groups -OCH3 is 1. The first-order chi connectivity index (χ1) is 13.6. The number of ether oxygens (including phenoxy) is 2. The van der Waals surface area contributed by atoms with E-state index in [0.29, 0.717) is 23.9 Å². The maximum Gasteiger partial charge on any atom is 0.260 e. The van der Waals surface area contributed by atoms with E-state index in [0.717, 1.165) is 34.2 Å². The SMILES string of the molecule is COc1cccc2sc(N3CCN(C(=O)COc4ccc(Cl)cc4)CC3)nc12. The Morgan fingerprint density at radius 2 is 1.89 bits per heavy atom. The number of piperazine rings is 1. The van der Waals surface area contributed by atoms with Crippen molar-refractivity contribution in [1.29, 1.82) is 0 Å². The van der Waals surface area contributed by atoms with Crippen molar-refractivity contribution in [3.05, 3.63) is 47.5 Å². The quantitative estimate of drug-likeness (QED) is 0.633. The monoisotopic (exact) mass is 417 g/mol. The van der Waals surface area contributed by atoms with Crippen molar-refractivity contribution in [2.24, 2.45) is 0 Å². The summed E-state index contributed by atoms with van der Waals surface area (Å²) in [5, 5.41) is 1.60. The standard InChI is InChI=1S/C20H20ClN3O3S/c1-26-16-3-2-4-17-19(16)22-20(28-17)24-11-9-23(10-12-24)18(25)13-27-15-7-5-14(21)6-8-15/h2-8H,9-13H2,1H3. The summed E-state index contributed by atoms with van der Waals surface area (Å²) in [5.74, 6) is 1.41. The summed E-state index contributed by atoms with van der Waals surface area (Å²) in [7, 11) is 1.66. The molecule has 0 bridgehead atoms. The molecule has 2 heterocycles. The Morgan fingerprint density at radius 3 is 2.61 bits per heavy atom. The molecule has 0 radical (unpaired) electrons. The topological polar surface area (TPSA) is 54.9 Å². The maximum absolute atomic E-state index is 12.4. The van der Waals surface area contributed by atoms with Gasteiger partial charge in [0.1, 0.15) is 17.0 Å². The summed E-state index contributed by atoms with van der Waals surface area (Å²) >= 11 is 7.50. The van der Waals surface area contributed by atoms with Gasteiger partial charge in [0.15, 0.2) is 11.7 Å². The van der Waals surface area contributed by atoms with Gasteiger partial charge in [-0.25, -0.2) is 4.98 Å². The lowest BCUT2D eigenvalue weighted by molar-refractivity contribution is -0.133.